The quantitative estimate of drug-likeness (QED) is 0.434. The van der Waals surface area contributed by atoms with Gasteiger partial charge in [0.05, 0.1) is 0 Å². The first-order valence-corrected chi connectivity index (χ1v) is 9.27. The van der Waals surface area contributed by atoms with Crippen LogP contribution in [0.5, 0.6) is 0 Å². The van der Waals surface area contributed by atoms with Gasteiger partial charge in [-0.25, -0.2) is 0 Å². The molecule has 0 saturated carbocycles. The molecule has 0 aliphatic rings. The van der Waals surface area contributed by atoms with E-state index in [0.29, 0.717) is 0 Å². The van der Waals surface area contributed by atoms with Crippen LogP contribution in [0.15, 0.2) is 11.3 Å². The Hall–Kier alpha value is -1.24. The molecule has 0 fully saturated rings. The summed E-state index contributed by atoms with van der Waals surface area (Å²) in [4.78, 5) is 4.65. The molecule has 0 aliphatic carbocycles. The monoisotopic (exact) mass is 326 g/mol. The predicted octanol–water partition coefficient (Wildman–Crippen LogP) is 1.93. The summed E-state index contributed by atoms with van der Waals surface area (Å²) in [6, 6.07) is 0. The number of aliphatic imine (C=N–C) groups is 1. The lowest BCUT2D eigenvalue weighted by Crippen LogP contribution is -2.48. The van der Waals surface area contributed by atoms with Gasteiger partial charge in [0.25, 0.3) is 0 Å². The molecule has 126 valence electrons. The number of hydrogen-bond donors (Lipinski definition) is 2. The second kappa shape index (κ2) is 9.71. The van der Waals surface area contributed by atoms with E-state index in [0.717, 1.165) is 50.0 Å². The van der Waals surface area contributed by atoms with Crippen molar-refractivity contribution in [3.05, 3.63) is 12.2 Å². The molecule has 0 radical (unpaired) electrons. The highest BCUT2D eigenvalue weighted by atomic mass is 32.2. The second-order valence-corrected chi connectivity index (χ2v) is 7.16. The van der Waals surface area contributed by atoms with Crippen LogP contribution in [0.3, 0.4) is 0 Å². The van der Waals surface area contributed by atoms with Crippen molar-refractivity contribution in [2.45, 2.75) is 52.6 Å². The number of rotatable bonds is 8. The predicted molar refractivity (Wildman–Crippen MR) is 95.6 cm³/mol. The number of aromatic nitrogens is 3. The molecule has 0 aliphatic heterocycles. The van der Waals surface area contributed by atoms with Crippen molar-refractivity contribution in [3.63, 3.8) is 0 Å². The fourth-order valence-corrected chi connectivity index (χ4v) is 2.35. The number of thioether (sulfide) groups is 1. The molecule has 0 spiro atoms. The van der Waals surface area contributed by atoms with Crippen molar-refractivity contribution < 1.29 is 0 Å². The van der Waals surface area contributed by atoms with E-state index in [1.165, 1.54) is 0 Å². The molecule has 1 heterocycles. The van der Waals surface area contributed by atoms with Crippen LogP contribution in [0.4, 0.5) is 0 Å². The second-order valence-electron chi connectivity index (χ2n) is 6.17. The Balaban J connectivity index is 2.49. The van der Waals surface area contributed by atoms with E-state index in [4.69, 9.17) is 0 Å². The lowest BCUT2D eigenvalue weighted by Gasteiger charge is -2.24. The van der Waals surface area contributed by atoms with Crippen molar-refractivity contribution in [2.75, 3.05) is 25.1 Å². The third kappa shape index (κ3) is 7.68. The highest BCUT2D eigenvalue weighted by molar-refractivity contribution is 7.98. The Morgan fingerprint density at radius 3 is 2.82 bits per heavy atom. The number of nitrogens with zero attached hydrogens (tertiary/aromatic N) is 4. The van der Waals surface area contributed by atoms with Gasteiger partial charge in [0.15, 0.2) is 5.96 Å². The van der Waals surface area contributed by atoms with E-state index in [-0.39, 0.29) is 5.54 Å². The Bertz CT molecular complexity index is 449. The molecule has 1 rings (SSSR count). The highest BCUT2D eigenvalue weighted by Gasteiger charge is 2.12. The summed E-state index contributed by atoms with van der Waals surface area (Å²) in [5, 5.41) is 14.9. The zero-order chi connectivity index (χ0) is 16.4. The third-order valence-corrected chi connectivity index (χ3v) is 3.62. The van der Waals surface area contributed by atoms with Crippen molar-refractivity contribution in [2.24, 2.45) is 4.99 Å². The maximum absolute atomic E-state index is 4.65. The molecule has 0 saturated heterocycles. The maximum Gasteiger partial charge on any atom is 0.191 e. The normalized spacial score (nSPS) is 12.5. The molecule has 0 unspecified atom stereocenters. The lowest BCUT2D eigenvalue weighted by molar-refractivity contribution is 0.498. The zero-order valence-electron chi connectivity index (χ0n) is 14.5. The number of aryl methyl sites for hydroxylation is 1. The summed E-state index contributed by atoms with van der Waals surface area (Å²) in [5.74, 6) is 3.04. The fraction of sp³-hybridized carbons (Fsp3) is 0.800. The summed E-state index contributed by atoms with van der Waals surface area (Å²) in [6.45, 7) is 11.0. The van der Waals surface area contributed by atoms with E-state index in [9.17, 15) is 0 Å². The molecule has 1 aromatic rings. The van der Waals surface area contributed by atoms with Gasteiger partial charge in [0.1, 0.15) is 12.2 Å². The minimum atomic E-state index is -0.00349. The van der Waals surface area contributed by atoms with Crippen molar-refractivity contribution in [1.29, 1.82) is 0 Å². The molecular formula is C15H30N6S. The standard InChI is InChI=1S/C15H30N6S/c1-6-13-20-18-12-21(13)10-9-17-14(19-15(2,3)4)16-8-7-11-22-5/h12H,6-11H2,1-5H3,(H2,16,17,19). The average Bonchev–Trinajstić information content (AvgIpc) is 2.89. The SMILES string of the molecule is CCc1nncn1CCNC(=NCCCSC)NC(C)(C)C. The lowest BCUT2D eigenvalue weighted by atomic mass is 10.1. The summed E-state index contributed by atoms with van der Waals surface area (Å²) >= 11 is 1.86. The first kappa shape index (κ1) is 18.8. The molecule has 0 bridgehead atoms. The van der Waals surface area contributed by atoms with Crippen LogP contribution in [0.1, 0.15) is 39.9 Å². The molecule has 1 aromatic heterocycles. The summed E-state index contributed by atoms with van der Waals surface area (Å²) < 4.78 is 2.08. The smallest absolute Gasteiger partial charge is 0.191 e. The van der Waals surface area contributed by atoms with Gasteiger partial charge in [-0.1, -0.05) is 6.92 Å². The Labute approximate surface area is 138 Å². The molecule has 7 heteroatoms. The van der Waals surface area contributed by atoms with E-state index in [1.807, 2.05) is 11.8 Å². The van der Waals surface area contributed by atoms with Crippen LogP contribution in [0, 0.1) is 0 Å². The topological polar surface area (TPSA) is 67.1 Å². The summed E-state index contributed by atoms with van der Waals surface area (Å²) in [7, 11) is 0. The van der Waals surface area contributed by atoms with Crippen molar-refractivity contribution >= 4 is 17.7 Å². The van der Waals surface area contributed by atoms with E-state index in [1.54, 1.807) is 6.33 Å². The Morgan fingerprint density at radius 2 is 2.18 bits per heavy atom. The largest absolute Gasteiger partial charge is 0.355 e. The van der Waals surface area contributed by atoms with Gasteiger partial charge < -0.3 is 15.2 Å². The summed E-state index contributed by atoms with van der Waals surface area (Å²) in [5.41, 5.74) is -0.00349. The van der Waals surface area contributed by atoms with Crippen LogP contribution in [-0.4, -0.2) is 51.4 Å². The van der Waals surface area contributed by atoms with E-state index >= 15 is 0 Å². The number of hydrogen-bond acceptors (Lipinski definition) is 4. The molecule has 0 atom stereocenters. The van der Waals surface area contributed by atoms with Crippen molar-refractivity contribution in [1.82, 2.24) is 25.4 Å². The molecule has 0 amide bonds. The molecule has 0 aromatic carbocycles. The van der Waals surface area contributed by atoms with Crippen LogP contribution in [0.2, 0.25) is 0 Å². The fourth-order valence-electron chi connectivity index (χ4n) is 1.93. The van der Waals surface area contributed by atoms with Gasteiger partial charge in [-0.15, -0.1) is 10.2 Å². The van der Waals surface area contributed by atoms with Gasteiger partial charge in [-0.05, 0) is 39.2 Å². The van der Waals surface area contributed by atoms with E-state index in [2.05, 4.69) is 64.3 Å². The molecule has 2 N–H and O–H groups in total. The molecule has 6 nitrogen and oxygen atoms in total. The Morgan fingerprint density at radius 1 is 1.41 bits per heavy atom. The van der Waals surface area contributed by atoms with Gasteiger partial charge in [-0.3, -0.25) is 4.99 Å². The minimum Gasteiger partial charge on any atom is -0.355 e. The summed E-state index contributed by atoms with van der Waals surface area (Å²) in [6.07, 6.45) is 5.91. The average molecular weight is 327 g/mol. The highest BCUT2D eigenvalue weighted by Crippen LogP contribution is 2.00. The van der Waals surface area contributed by atoms with Crippen LogP contribution < -0.4 is 10.6 Å². The van der Waals surface area contributed by atoms with E-state index < -0.39 is 0 Å². The molecular weight excluding hydrogens is 296 g/mol. The first-order valence-electron chi connectivity index (χ1n) is 7.88. The van der Waals surface area contributed by atoms with Gasteiger partial charge >= 0.3 is 0 Å². The van der Waals surface area contributed by atoms with Crippen LogP contribution in [0.25, 0.3) is 0 Å². The number of guanidine groups is 1. The van der Waals surface area contributed by atoms with Gasteiger partial charge in [-0.2, -0.15) is 11.8 Å². The third-order valence-electron chi connectivity index (χ3n) is 2.93. The first-order chi connectivity index (χ1) is 10.5. The van der Waals surface area contributed by atoms with Crippen LogP contribution >= 0.6 is 11.8 Å². The van der Waals surface area contributed by atoms with Crippen LogP contribution in [-0.2, 0) is 13.0 Å². The maximum atomic E-state index is 4.65. The zero-order valence-corrected chi connectivity index (χ0v) is 15.3. The minimum absolute atomic E-state index is 0.00349. The van der Waals surface area contributed by atoms with Crippen molar-refractivity contribution in [3.8, 4) is 0 Å². The molecule has 22 heavy (non-hydrogen) atoms. The van der Waals surface area contributed by atoms with Gasteiger partial charge in [0.2, 0.25) is 0 Å². The number of nitrogens with one attached hydrogen (secondary N) is 2. The van der Waals surface area contributed by atoms with Gasteiger partial charge in [0, 0.05) is 31.6 Å². The Kier molecular flexibility index (Phi) is 8.30.